The number of anilines is 2. The third kappa shape index (κ3) is 3.11. The summed E-state index contributed by atoms with van der Waals surface area (Å²) in [5.41, 5.74) is 0. The van der Waals surface area contributed by atoms with Crippen molar-refractivity contribution >= 4 is 27.6 Å². The molecule has 0 bridgehead atoms. The van der Waals surface area contributed by atoms with Crippen molar-refractivity contribution in [2.75, 3.05) is 31.3 Å². The number of nitrogens with one attached hydrogen (secondary N) is 2. The number of rotatable bonds is 6. The van der Waals surface area contributed by atoms with Gasteiger partial charge in [-0.15, -0.1) is 0 Å². The molecular weight excluding hydrogens is 294 g/mol. The summed E-state index contributed by atoms with van der Waals surface area (Å²) in [5, 5.41) is 6.40. The second-order valence-electron chi connectivity index (χ2n) is 4.76. The molecule has 1 aromatic rings. The molecular formula is C12H20BrN5. The summed E-state index contributed by atoms with van der Waals surface area (Å²) in [6.07, 6.45) is 4.23. The minimum atomic E-state index is 0.498. The highest BCUT2D eigenvalue weighted by molar-refractivity contribution is 9.10. The molecule has 2 N–H and O–H groups in total. The molecule has 6 heteroatoms. The predicted molar refractivity (Wildman–Crippen MR) is 78.0 cm³/mol. The van der Waals surface area contributed by atoms with E-state index in [0.29, 0.717) is 6.04 Å². The lowest BCUT2D eigenvalue weighted by molar-refractivity contribution is 0.257. The van der Waals surface area contributed by atoms with Crippen LogP contribution in [0, 0.1) is 0 Å². The predicted octanol–water partition coefficient (Wildman–Crippen LogP) is 2.18. The number of aromatic nitrogens is 2. The Balaban J connectivity index is 1.93. The molecule has 0 radical (unpaired) electrons. The van der Waals surface area contributed by atoms with E-state index in [2.05, 4.69) is 55.4 Å². The van der Waals surface area contributed by atoms with E-state index in [4.69, 9.17) is 0 Å². The molecule has 0 saturated heterocycles. The largest absolute Gasteiger partial charge is 0.372 e. The van der Waals surface area contributed by atoms with Crippen LogP contribution in [-0.2, 0) is 0 Å². The van der Waals surface area contributed by atoms with E-state index in [-0.39, 0.29) is 0 Å². The van der Waals surface area contributed by atoms with Gasteiger partial charge in [-0.2, -0.15) is 0 Å². The van der Waals surface area contributed by atoms with Crippen molar-refractivity contribution in [1.29, 1.82) is 0 Å². The van der Waals surface area contributed by atoms with Crippen molar-refractivity contribution in [3.05, 3.63) is 10.8 Å². The first-order valence-corrected chi connectivity index (χ1v) is 7.06. The molecule has 1 aliphatic carbocycles. The molecule has 100 valence electrons. The van der Waals surface area contributed by atoms with Crippen molar-refractivity contribution in [2.24, 2.45) is 0 Å². The Bertz CT molecular complexity index is 407. The lowest BCUT2D eigenvalue weighted by Gasteiger charge is -2.25. The fourth-order valence-electron chi connectivity index (χ4n) is 1.90. The van der Waals surface area contributed by atoms with Gasteiger partial charge < -0.3 is 10.6 Å². The van der Waals surface area contributed by atoms with Crippen LogP contribution in [0.4, 0.5) is 11.6 Å². The van der Waals surface area contributed by atoms with Gasteiger partial charge in [-0.3, -0.25) is 4.90 Å². The van der Waals surface area contributed by atoms with Crippen molar-refractivity contribution in [1.82, 2.24) is 14.9 Å². The van der Waals surface area contributed by atoms with E-state index in [1.165, 1.54) is 12.8 Å². The third-order valence-electron chi connectivity index (χ3n) is 3.41. The Kier molecular flexibility index (Phi) is 4.40. The van der Waals surface area contributed by atoms with Crippen molar-refractivity contribution < 1.29 is 0 Å². The standard InChI is InChI=1S/C12H20BrN5/c1-8(18(3)9-4-5-9)6-15-12-10(13)11(14-2)16-7-17-12/h7-9H,4-6H2,1-3H3,(H2,14,15,16,17). The van der Waals surface area contributed by atoms with Crippen LogP contribution in [0.1, 0.15) is 19.8 Å². The summed E-state index contributed by atoms with van der Waals surface area (Å²) in [7, 11) is 4.04. The molecule has 1 unspecified atom stereocenters. The first-order valence-electron chi connectivity index (χ1n) is 6.27. The maximum atomic E-state index is 4.25. The van der Waals surface area contributed by atoms with Gasteiger partial charge in [-0.25, -0.2) is 9.97 Å². The summed E-state index contributed by atoms with van der Waals surface area (Å²) in [5.74, 6) is 1.64. The van der Waals surface area contributed by atoms with Crippen LogP contribution < -0.4 is 10.6 Å². The fraction of sp³-hybridized carbons (Fsp3) is 0.667. The van der Waals surface area contributed by atoms with Crippen LogP contribution in [0.15, 0.2) is 10.8 Å². The van der Waals surface area contributed by atoms with Crippen LogP contribution in [0.2, 0.25) is 0 Å². The Labute approximate surface area is 117 Å². The molecule has 1 saturated carbocycles. The lowest BCUT2D eigenvalue weighted by atomic mass is 10.3. The topological polar surface area (TPSA) is 53.1 Å². The number of hydrogen-bond donors (Lipinski definition) is 2. The average Bonchev–Trinajstić information content (AvgIpc) is 3.20. The highest BCUT2D eigenvalue weighted by Crippen LogP contribution is 2.28. The second kappa shape index (κ2) is 5.84. The summed E-state index contributed by atoms with van der Waals surface area (Å²) in [4.78, 5) is 10.8. The molecule has 0 aromatic carbocycles. The maximum Gasteiger partial charge on any atom is 0.146 e. The Morgan fingerprint density at radius 1 is 1.44 bits per heavy atom. The van der Waals surface area contributed by atoms with Gasteiger partial charge in [0.15, 0.2) is 0 Å². The highest BCUT2D eigenvalue weighted by Gasteiger charge is 2.28. The van der Waals surface area contributed by atoms with E-state index < -0.39 is 0 Å². The van der Waals surface area contributed by atoms with Crippen LogP contribution in [-0.4, -0.2) is 47.6 Å². The maximum absolute atomic E-state index is 4.25. The van der Waals surface area contributed by atoms with E-state index >= 15 is 0 Å². The lowest BCUT2D eigenvalue weighted by Crippen LogP contribution is -2.36. The van der Waals surface area contributed by atoms with Gasteiger partial charge in [0, 0.05) is 25.7 Å². The second-order valence-corrected chi connectivity index (χ2v) is 5.55. The molecule has 1 fully saturated rings. The third-order valence-corrected chi connectivity index (χ3v) is 4.16. The van der Waals surface area contributed by atoms with Crippen LogP contribution in [0.5, 0.6) is 0 Å². The summed E-state index contributed by atoms with van der Waals surface area (Å²) < 4.78 is 0.883. The molecule has 18 heavy (non-hydrogen) atoms. The molecule has 1 aliphatic rings. The zero-order valence-electron chi connectivity index (χ0n) is 11.1. The van der Waals surface area contributed by atoms with Crippen molar-refractivity contribution in [3.8, 4) is 0 Å². The van der Waals surface area contributed by atoms with Crippen molar-refractivity contribution in [3.63, 3.8) is 0 Å². The zero-order valence-corrected chi connectivity index (χ0v) is 12.7. The molecule has 1 aromatic heterocycles. The normalized spacial score (nSPS) is 16.7. The number of nitrogens with zero attached hydrogens (tertiary/aromatic N) is 3. The molecule has 5 nitrogen and oxygen atoms in total. The molecule has 0 amide bonds. The quantitative estimate of drug-likeness (QED) is 0.843. The highest BCUT2D eigenvalue weighted by atomic mass is 79.9. The Hall–Kier alpha value is -0.880. The summed E-state index contributed by atoms with van der Waals surface area (Å²) >= 11 is 3.51. The first kappa shape index (κ1) is 13.5. The Morgan fingerprint density at radius 2 is 2.11 bits per heavy atom. The van der Waals surface area contributed by atoms with Gasteiger partial charge in [0.1, 0.15) is 22.4 Å². The number of halogens is 1. The first-order chi connectivity index (χ1) is 8.63. The molecule has 1 heterocycles. The van der Waals surface area contributed by atoms with Gasteiger partial charge in [-0.05, 0) is 42.7 Å². The van der Waals surface area contributed by atoms with Gasteiger partial charge in [0.25, 0.3) is 0 Å². The average molecular weight is 314 g/mol. The molecule has 0 spiro atoms. The van der Waals surface area contributed by atoms with E-state index in [9.17, 15) is 0 Å². The SMILES string of the molecule is CNc1ncnc(NCC(C)N(C)C2CC2)c1Br. The van der Waals surface area contributed by atoms with E-state index in [1.807, 2.05) is 7.05 Å². The summed E-state index contributed by atoms with van der Waals surface area (Å²) in [6.45, 7) is 3.12. The fourth-order valence-corrected chi connectivity index (χ4v) is 2.44. The minimum absolute atomic E-state index is 0.498. The Morgan fingerprint density at radius 3 is 2.72 bits per heavy atom. The van der Waals surface area contributed by atoms with Crippen LogP contribution in [0.3, 0.4) is 0 Å². The van der Waals surface area contributed by atoms with Gasteiger partial charge >= 0.3 is 0 Å². The molecule has 2 rings (SSSR count). The zero-order chi connectivity index (χ0) is 13.1. The summed E-state index contributed by atoms with van der Waals surface area (Å²) in [6, 6.07) is 1.28. The van der Waals surface area contributed by atoms with E-state index in [0.717, 1.165) is 28.7 Å². The van der Waals surface area contributed by atoms with Crippen LogP contribution in [0.25, 0.3) is 0 Å². The van der Waals surface area contributed by atoms with Gasteiger partial charge in [0.05, 0.1) is 0 Å². The van der Waals surface area contributed by atoms with Gasteiger partial charge in [-0.1, -0.05) is 0 Å². The van der Waals surface area contributed by atoms with Crippen LogP contribution >= 0.6 is 15.9 Å². The minimum Gasteiger partial charge on any atom is -0.372 e. The monoisotopic (exact) mass is 313 g/mol. The molecule has 0 aliphatic heterocycles. The van der Waals surface area contributed by atoms with Crippen molar-refractivity contribution in [2.45, 2.75) is 31.8 Å². The van der Waals surface area contributed by atoms with Gasteiger partial charge in [0.2, 0.25) is 0 Å². The van der Waals surface area contributed by atoms with E-state index in [1.54, 1.807) is 6.33 Å². The molecule has 1 atom stereocenters. The smallest absolute Gasteiger partial charge is 0.146 e. The number of likely N-dealkylation sites (N-methyl/N-ethyl adjacent to an activating group) is 1. The number of hydrogen-bond acceptors (Lipinski definition) is 5.